The Bertz CT molecular complexity index is 1380. The summed E-state index contributed by atoms with van der Waals surface area (Å²) in [5.41, 5.74) is 2.18. The number of piperazine rings is 2. The van der Waals surface area contributed by atoms with Crippen LogP contribution in [0.5, 0.6) is 0 Å². The lowest BCUT2D eigenvalue weighted by Gasteiger charge is -2.45. The summed E-state index contributed by atoms with van der Waals surface area (Å²) in [6.07, 6.45) is 21.2. The molecule has 11 aliphatic rings. The average molecular weight is 1060 g/mol. The predicted octanol–water partition coefficient (Wildman–Crippen LogP) is 1.01. The molecule has 10 heterocycles. The van der Waals surface area contributed by atoms with Crippen LogP contribution in [0.15, 0.2) is 0 Å². The summed E-state index contributed by atoms with van der Waals surface area (Å²) in [7, 11) is 12.4. The molecule has 2 amide bonds. The molecule has 0 aromatic heterocycles. The minimum Gasteiger partial charge on any atom is -0.395 e. The van der Waals surface area contributed by atoms with Crippen LogP contribution in [0.4, 0.5) is 0 Å². The molecule has 1 aliphatic carbocycles. The molecule has 0 atom stereocenters. The summed E-state index contributed by atoms with van der Waals surface area (Å²) in [6, 6.07) is 1.14. The number of aliphatic hydroxyl groups excluding tert-OH is 2. The largest absolute Gasteiger partial charge is 0.395 e. The van der Waals surface area contributed by atoms with Gasteiger partial charge in [-0.2, -0.15) is 0 Å². The minimum absolute atomic E-state index is 0.0220. The molecule has 11 rings (SSSR count). The molecule has 75 heavy (non-hydrogen) atoms. The van der Waals surface area contributed by atoms with E-state index in [1.807, 2.05) is 23.9 Å². The maximum absolute atomic E-state index is 10.6. The van der Waals surface area contributed by atoms with Crippen LogP contribution in [0, 0.1) is 16.2 Å². The zero-order valence-corrected chi connectivity index (χ0v) is 49.4. The molecule has 1 saturated carbocycles. The van der Waals surface area contributed by atoms with E-state index in [4.69, 9.17) is 10.2 Å². The van der Waals surface area contributed by atoms with E-state index in [9.17, 15) is 9.59 Å². The van der Waals surface area contributed by atoms with Crippen molar-refractivity contribution >= 4 is 12.8 Å². The molecule has 8 N–H and O–H groups in total. The van der Waals surface area contributed by atoms with E-state index in [-0.39, 0.29) is 12.7 Å². The van der Waals surface area contributed by atoms with E-state index in [0.29, 0.717) is 16.9 Å². The van der Waals surface area contributed by atoms with Gasteiger partial charge >= 0.3 is 0 Å². The normalized spacial score (nSPS) is 26.5. The van der Waals surface area contributed by atoms with Crippen molar-refractivity contribution in [3.63, 3.8) is 0 Å². The molecule has 0 aromatic rings. The number of piperidine rings is 4. The highest BCUT2D eigenvalue weighted by molar-refractivity contribution is 5.47. The smallest absolute Gasteiger partial charge is 0.209 e. The van der Waals surface area contributed by atoms with E-state index < -0.39 is 0 Å². The molecule has 18 nitrogen and oxygen atoms in total. The second kappa shape index (κ2) is 37.3. The van der Waals surface area contributed by atoms with Gasteiger partial charge < -0.3 is 76.4 Å². The number of likely N-dealkylation sites (N-methyl/N-ethyl adjacent to an activating group) is 4. The Morgan fingerprint density at radius 1 is 0.533 bits per heavy atom. The molecule has 3 spiro atoms. The fourth-order valence-corrected chi connectivity index (χ4v) is 12.1. The zero-order valence-electron chi connectivity index (χ0n) is 49.4. The number of hydrogen-bond donors (Lipinski definition) is 8. The first-order valence-corrected chi connectivity index (χ1v) is 30.3. The standard InChI is InChI=1S/C11H21N3O.C8H16N2.C8H15N.C7H14N2O.C7H16N2.C6H12N2.C6H13NO.C4H11NO/c1-12-6-8-14(9-7-12)11-2-4-13(10-15)5-3-11;1-4-9-5-2-8(1)3-6-10-7-8;1-2-4-8(5-3-1)6-9-7-8;1-9-4-2-7(3-5-9)8-6-10;1-3-9-6-4-8(2)5-7-9;1-2-7-3-6(1)4-8-5-6;1-7-4-2-6(8)3-5-7;1-5(2)3-4-6/h10-11H,2-9H2,1H3;9-10H,1-7H2;9H,1-7H2;6-7H,2-5H2,1H3,(H,8,10);3-7H2,1-2H3;7-8H,1-5H2;6,8H,2-5H2,1H3;6H,3-4H2,1-2H3. The van der Waals surface area contributed by atoms with Gasteiger partial charge in [-0.15, -0.1) is 0 Å². The molecule has 10 saturated heterocycles. The third-order valence-corrected chi connectivity index (χ3v) is 18.2. The number of carbonyl (C=O) groups is 2. The lowest BCUT2D eigenvalue weighted by Crippen LogP contribution is -2.54. The first kappa shape index (κ1) is 65.9. The van der Waals surface area contributed by atoms with Crippen LogP contribution in [0.25, 0.3) is 0 Å². The van der Waals surface area contributed by atoms with Gasteiger partial charge in [0.1, 0.15) is 0 Å². The van der Waals surface area contributed by atoms with E-state index in [1.165, 1.54) is 182 Å². The SMILES string of the molecule is C1CC2(CCN1)CCNC2.C1CC2(CN1)CNC2.C1CCC2(CC1)CNC2.CCN1CCN(C)CC1.CN(C)CCO.CN1CCC(NC=O)CC1.CN1CCC(O)CC1.CN1CCN(C2CCN(C=O)CC2)CC1. The Balaban J connectivity index is 0.000000188. The first-order chi connectivity index (χ1) is 36.2. The van der Waals surface area contributed by atoms with Crippen molar-refractivity contribution in [2.45, 2.75) is 121 Å². The maximum atomic E-state index is 10.6. The Hall–Kier alpha value is -1.62. The topological polar surface area (TPSA) is 173 Å². The Kier molecular flexibility index (Phi) is 32.8. The number of likely N-dealkylation sites (tertiary alicyclic amines) is 3. The van der Waals surface area contributed by atoms with Crippen molar-refractivity contribution in [3.8, 4) is 0 Å². The number of nitrogens with one attached hydrogen (secondary N) is 6. The van der Waals surface area contributed by atoms with Crippen molar-refractivity contribution < 1.29 is 19.8 Å². The van der Waals surface area contributed by atoms with Gasteiger partial charge in [0.15, 0.2) is 0 Å². The fourth-order valence-electron chi connectivity index (χ4n) is 12.1. The number of amides is 2. The van der Waals surface area contributed by atoms with Gasteiger partial charge in [0.2, 0.25) is 12.8 Å². The molecular weight excluding hydrogens is 945 g/mol. The lowest BCUT2D eigenvalue weighted by molar-refractivity contribution is -0.119. The Morgan fingerprint density at radius 2 is 0.987 bits per heavy atom. The fraction of sp³-hybridized carbons (Fsp3) is 0.965. The summed E-state index contributed by atoms with van der Waals surface area (Å²) in [5, 5.41) is 36.9. The van der Waals surface area contributed by atoms with Crippen molar-refractivity contribution in [1.82, 2.24) is 71.1 Å². The summed E-state index contributed by atoms with van der Waals surface area (Å²) < 4.78 is 0. The second-order valence-electron chi connectivity index (χ2n) is 24.7. The summed E-state index contributed by atoms with van der Waals surface area (Å²) in [6.45, 7) is 33.1. The highest BCUT2D eigenvalue weighted by Gasteiger charge is 2.39. The summed E-state index contributed by atoms with van der Waals surface area (Å²) >= 11 is 0. The molecule has 10 aliphatic heterocycles. The van der Waals surface area contributed by atoms with Crippen molar-refractivity contribution in [1.29, 1.82) is 0 Å². The van der Waals surface area contributed by atoms with Crippen LogP contribution in [-0.2, 0) is 9.59 Å². The number of carbonyl (C=O) groups excluding carboxylic acids is 2. The average Bonchev–Trinajstić information content (AvgIpc) is 4.11. The van der Waals surface area contributed by atoms with Crippen LogP contribution in [0.1, 0.15) is 103 Å². The summed E-state index contributed by atoms with van der Waals surface area (Å²) in [4.78, 5) is 38.8. The van der Waals surface area contributed by atoms with Crippen molar-refractivity contribution in [2.75, 3.05) is 219 Å². The van der Waals surface area contributed by atoms with Crippen LogP contribution in [0.2, 0.25) is 0 Å². The number of nitrogens with zero attached hydrogens (tertiary/aromatic N) is 8. The first-order valence-electron chi connectivity index (χ1n) is 30.3. The quantitative estimate of drug-likeness (QED) is 0.170. The third kappa shape index (κ3) is 26.5. The monoisotopic (exact) mass is 1060 g/mol. The summed E-state index contributed by atoms with van der Waals surface area (Å²) in [5.74, 6) is 0. The zero-order chi connectivity index (χ0) is 54.2. The Labute approximate surface area is 458 Å². The van der Waals surface area contributed by atoms with Crippen LogP contribution in [-0.4, -0.2) is 299 Å². The molecule has 0 bridgehead atoms. The van der Waals surface area contributed by atoms with Crippen molar-refractivity contribution in [3.05, 3.63) is 0 Å². The van der Waals surface area contributed by atoms with E-state index >= 15 is 0 Å². The molecule has 0 unspecified atom stereocenters. The number of rotatable bonds is 7. The molecule has 11 fully saturated rings. The van der Waals surface area contributed by atoms with Gasteiger partial charge in [0.25, 0.3) is 0 Å². The predicted molar refractivity (Wildman–Crippen MR) is 311 cm³/mol. The highest BCUT2D eigenvalue weighted by Crippen LogP contribution is 2.39. The van der Waals surface area contributed by atoms with E-state index in [2.05, 4.69) is 96.4 Å². The molecule has 0 radical (unpaired) electrons. The molecule has 18 heteroatoms. The highest BCUT2D eigenvalue weighted by atomic mass is 16.3. The van der Waals surface area contributed by atoms with Gasteiger partial charge in [-0.3, -0.25) is 14.5 Å². The third-order valence-electron chi connectivity index (χ3n) is 18.2. The number of hydrogen-bond acceptors (Lipinski definition) is 16. The number of aliphatic hydroxyl groups is 2. The lowest BCUT2D eigenvalue weighted by atomic mass is 9.70. The van der Waals surface area contributed by atoms with Gasteiger partial charge in [0, 0.05) is 142 Å². The van der Waals surface area contributed by atoms with E-state index in [0.717, 1.165) is 109 Å². The van der Waals surface area contributed by atoms with Crippen LogP contribution < -0.4 is 31.9 Å². The Morgan fingerprint density at radius 3 is 1.36 bits per heavy atom. The molecule has 0 aromatic carbocycles. The second-order valence-corrected chi connectivity index (χ2v) is 24.7. The minimum atomic E-state index is -0.0220. The molecular formula is C57H118N14O4. The van der Waals surface area contributed by atoms with Gasteiger partial charge in [-0.05, 0) is 176 Å². The van der Waals surface area contributed by atoms with Gasteiger partial charge in [-0.1, -0.05) is 26.2 Å². The van der Waals surface area contributed by atoms with Crippen molar-refractivity contribution in [2.24, 2.45) is 16.2 Å². The maximum Gasteiger partial charge on any atom is 0.209 e. The van der Waals surface area contributed by atoms with Gasteiger partial charge in [0.05, 0.1) is 12.7 Å². The van der Waals surface area contributed by atoms with E-state index in [1.54, 1.807) is 0 Å². The molecule has 440 valence electrons. The van der Waals surface area contributed by atoms with Crippen LogP contribution in [0.3, 0.4) is 0 Å². The van der Waals surface area contributed by atoms with Crippen LogP contribution >= 0.6 is 0 Å². The van der Waals surface area contributed by atoms with Gasteiger partial charge in [-0.25, -0.2) is 0 Å².